The molecule has 0 radical (unpaired) electrons. The van der Waals surface area contributed by atoms with Crippen molar-refractivity contribution in [2.45, 2.75) is 11.8 Å². The van der Waals surface area contributed by atoms with Gasteiger partial charge in [0, 0.05) is 20.0 Å². The molecule has 0 bridgehead atoms. The van der Waals surface area contributed by atoms with E-state index in [0.717, 1.165) is 26.3 Å². The lowest BCUT2D eigenvalue weighted by Crippen LogP contribution is -2.42. The van der Waals surface area contributed by atoms with E-state index in [0.29, 0.717) is 11.4 Å². The Morgan fingerprint density at radius 1 is 1.27 bits per heavy atom. The van der Waals surface area contributed by atoms with Crippen LogP contribution in [0.25, 0.3) is 10.2 Å². The highest BCUT2D eigenvalue weighted by atomic mass is 32.2. The van der Waals surface area contributed by atoms with Crippen LogP contribution in [0.4, 0.5) is 0 Å². The van der Waals surface area contributed by atoms with Gasteiger partial charge in [0.15, 0.2) is 0 Å². The Balaban J connectivity index is 2.33. The highest BCUT2D eigenvalue weighted by molar-refractivity contribution is 7.89. The summed E-state index contributed by atoms with van der Waals surface area (Å²) in [5.41, 5.74) is 1.07. The van der Waals surface area contributed by atoms with Gasteiger partial charge in [-0.25, -0.2) is 8.42 Å². The van der Waals surface area contributed by atoms with Gasteiger partial charge in [-0.15, -0.1) is 0 Å². The molecule has 0 aliphatic rings. The lowest BCUT2D eigenvalue weighted by Gasteiger charge is -2.26. The SMILES string of the molecule is Cc1sc2cc(S(=O)(=O)N(C)CC[N+](C)(C)C)ccc2[n+]1C. The zero-order valence-corrected chi connectivity index (χ0v) is 15.8. The molecule has 0 aliphatic heterocycles. The van der Waals surface area contributed by atoms with Crippen LogP contribution >= 0.6 is 11.3 Å². The molecular weight excluding hydrogens is 318 g/mol. The molecule has 0 N–H and O–H groups in total. The second kappa shape index (κ2) is 5.88. The third-order valence-electron chi connectivity index (χ3n) is 3.82. The third-order valence-corrected chi connectivity index (χ3v) is 6.79. The fraction of sp³-hybridized carbons (Fsp3) is 0.533. The van der Waals surface area contributed by atoms with Crippen molar-refractivity contribution < 1.29 is 17.5 Å². The first-order valence-corrected chi connectivity index (χ1v) is 9.44. The minimum absolute atomic E-state index is 0.366. The van der Waals surface area contributed by atoms with Gasteiger partial charge >= 0.3 is 0 Å². The summed E-state index contributed by atoms with van der Waals surface area (Å²) in [6, 6.07) is 5.37. The number of likely N-dealkylation sites (N-methyl/N-ethyl adjacent to an activating group) is 2. The average Bonchev–Trinajstić information content (AvgIpc) is 2.70. The number of aromatic nitrogens is 1. The number of hydrogen-bond donors (Lipinski definition) is 0. The quantitative estimate of drug-likeness (QED) is 0.608. The van der Waals surface area contributed by atoms with Gasteiger partial charge in [0.25, 0.3) is 0 Å². The van der Waals surface area contributed by atoms with E-state index in [2.05, 4.69) is 25.7 Å². The van der Waals surface area contributed by atoms with Crippen molar-refractivity contribution in [3.05, 3.63) is 23.2 Å². The molecule has 0 spiro atoms. The van der Waals surface area contributed by atoms with Gasteiger partial charge in [-0.2, -0.15) is 8.87 Å². The fourth-order valence-electron chi connectivity index (χ4n) is 2.15. The highest BCUT2D eigenvalue weighted by Crippen LogP contribution is 2.24. The highest BCUT2D eigenvalue weighted by Gasteiger charge is 2.24. The molecule has 2 aromatic rings. The Hall–Kier alpha value is -1.02. The molecule has 22 heavy (non-hydrogen) atoms. The molecule has 0 unspecified atom stereocenters. The van der Waals surface area contributed by atoms with Gasteiger partial charge < -0.3 is 4.48 Å². The molecule has 2 rings (SSSR count). The molecule has 5 nitrogen and oxygen atoms in total. The van der Waals surface area contributed by atoms with Crippen molar-refractivity contribution in [2.24, 2.45) is 7.05 Å². The van der Waals surface area contributed by atoms with Crippen LogP contribution in [-0.2, 0) is 17.1 Å². The van der Waals surface area contributed by atoms with E-state index in [-0.39, 0.29) is 0 Å². The first-order chi connectivity index (χ1) is 10.0. The smallest absolute Gasteiger partial charge is 0.243 e. The van der Waals surface area contributed by atoms with Crippen LogP contribution in [0.1, 0.15) is 5.01 Å². The van der Waals surface area contributed by atoms with Crippen LogP contribution in [0.15, 0.2) is 23.1 Å². The Morgan fingerprint density at radius 3 is 2.50 bits per heavy atom. The number of thiazole rings is 1. The number of benzene rings is 1. The van der Waals surface area contributed by atoms with Crippen molar-refractivity contribution >= 4 is 31.6 Å². The standard InChI is InChI=1S/C15H25N3O2S2/c1-12-17(3)14-8-7-13(11-15(14)21-12)22(19,20)16(2)9-10-18(4,5)6/h7-8,11H,9-10H2,1-6H3/q+2. The molecule has 0 aliphatic carbocycles. The number of aryl methyl sites for hydroxylation is 2. The van der Waals surface area contributed by atoms with E-state index < -0.39 is 10.0 Å². The minimum atomic E-state index is -3.44. The fourth-order valence-corrected chi connectivity index (χ4v) is 4.46. The van der Waals surface area contributed by atoms with Gasteiger partial charge in [-0.3, -0.25) is 0 Å². The molecule has 1 aromatic heterocycles. The largest absolute Gasteiger partial charge is 0.330 e. The summed E-state index contributed by atoms with van der Waals surface area (Å²) in [7, 11) is 6.38. The van der Waals surface area contributed by atoms with E-state index >= 15 is 0 Å². The summed E-state index contributed by atoms with van der Waals surface area (Å²) >= 11 is 1.62. The van der Waals surface area contributed by atoms with E-state index in [1.165, 1.54) is 4.31 Å². The molecule has 0 fully saturated rings. The lowest BCUT2D eigenvalue weighted by atomic mass is 10.3. The summed E-state index contributed by atoms with van der Waals surface area (Å²) in [5, 5.41) is 1.16. The summed E-state index contributed by atoms with van der Waals surface area (Å²) in [5.74, 6) is 0. The lowest BCUT2D eigenvalue weighted by molar-refractivity contribution is -0.869. The van der Waals surface area contributed by atoms with E-state index in [1.54, 1.807) is 30.5 Å². The molecular formula is C15H25N3O2S2+2. The monoisotopic (exact) mass is 343 g/mol. The number of nitrogens with zero attached hydrogens (tertiary/aromatic N) is 3. The van der Waals surface area contributed by atoms with Crippen molar-refractivity contribution in [3.63, 3.8) is 0 Å². The van der Waals surface area contributed by atoms with Crippen LogP contribution in [0, 0.1) is 6.92 Å². The maximum Gasteiger partial charge on any atom is 0.243 e. The first-order valence-electron chi connectivity index (χ1n) is 7.18. The predicted octanol–water partition coefficient (Wildman–Crippen LogP) is 1.36. The Bertz CT molecular complexity index is 789. The second-order valence-electron chi connectivity index (χ2n) is 6.65. The molecule has 122 valence electrons. The second-order valence-corrected chi connectivity index (χ2v) is 9.93. The van der Waals surface area contributed by atoms with Crippen LogP contribution in [0.5, 0.6) is 0 Å². The van der Waals surface area contributed by atoms with Crippen molar-refractivity contribution in [2.75, 3.05) is 41.3 Å². The number of fused-ring (bicyclic) bond motifs is 1. The Labute approximate surface area is 137 Å². The number of quaternary nitrogens is 1. The maximum absolute atomic E-state index is 12.7. The zero-order chi connectivity index (χ0) is 16.7. The van der Waals surface area contributed by atoms with E-state index in [4.69, 9.17) is 0 Å². The van der Waals surface area contributed by atoms with Gasteiger partial charge in [0.2, 0.25) is 20.5 Å². The summed E-state index contributed by atoms with van der Waals surface area (Å²) in [6.07, 6.45) is 0. The number of sulfonamides is 1. The number of rotatable bonds is 5. The maximum atomic E-state index is 12.7. The number of hydrogen-bond acceptors (Lipinski definition) is 3. The summed E-state index contributed by atoms with van der Waals surface area (Å²) in [6.45, 7) is 3.30. The summed E-state index contributed by atoms with van der Waals surface area (Å²) < 4.78 is 30.7. The van der Waals surface area contributed by atoms with E-state index in [9.17, 15) is 8.42 Å². The van der Waals surface area contributed by atoms with Gasteiger partial charge in [0.1, 0.15) is 11.7 Å². The van der Waals surface area contributed by atoms with Crippen molar-refractivity contribution in [1.29, 1.82) is 0 Å². The van der Waals surface area contributed by atoms with Gasteiger partial charge in [-0.05, 0) is 12.1 Å². The molecule has 1 aromatic carbocycles. The van der Waals surface area contributed by atoms with Crippen LogP contribution in [-0.4, -0.2) is 58.5 Å². The molecule has 0 saturated carbocycles. The van der Waals surface area contributed by atoms with Gasteiger partial charge in [0.05, 0.1) is 39.1 Å². The Morgan fingerprint density at radius 2 is 1.91 bits per heavy atom. The Kier molecular flexibility index (Phi) is 4.64. The average molecular weight is 344 g/mol. The normalized spacial score (nSPS) is 13.2. The summed E-state index contributed by atoms with van der Waals surface area (Å²) in [4.78, 5) is 0.366. The molecule has 0 saturated heterocycles. The van der Waals surface area contributed by atoms with Crippen LogP contribution in [0.2, 0.25) is 0 Å². The van der Waals surface area contributed by atoms with Crippen LogP contribution in [0.3, 0.4) is 0 Å². The van der Waals surface area contributed by atoms with Gasteiger partial charge in [-0.1, -0.05) is 11.3 Å². The molecule has 0 atom stereocenters. The minimum Gasteiger partial charge on any atom is -0.330 e. The molecule has 1 heterocycles. The molecule has 7 heteroatoms. The van der Waals surface area contributed by atoms with Crippen LogP contribution < -0.4 is 4.57 Å². The van der Waals surface area contributed by atoms with Crippen molar-refractivity contribution in [1.82, 2.24) is 4.31 Å². The van der Waals surface area contributed by atoms with Crippen molar-refractivity contribution in [3.8, 4) is 0 Å². The first kappa shape index (κ1) is 17.3. The topological polar surface area (TPSA) is 41.3 Å². The molecule has 0 amide bonds. The predicted molar refractivity (Wildman–Crippen MR) is 90.5 cm³/mol. The zero-order valence-electron chi connectivity index (χ0n) is 14.1. The third kappa shape index (κ3) is 3.48. The van der Waals surface area contributed by atoms with E-state index in [1.807, 2.05) is 20.0 Å².